The molecule has 0 bridgehead atoms. The zero-order chi connectivity index (χ0) is 17.1. The Morgan fingerprint density at radius 1 is 1.25 bits per heavy atom. The zero-order valence-corrected chi connectivity index (χ0v) is 14.1. The van der Waals surface area contributed by atoms with Gasteiger partial charge in [0.15, 0.2) is 0 Å². The first-order valence-electron chi connectivity index (χ1n) is 8.45. The number of amides is 3. The summed E-state index contributed by atoms with van der Waals surface area (Å²) in [4.78, 5) is 25.5. The molecule has 7 nitrogen and oxygen atoms in total. The van der Waals surface area contributed by atoms with E-state index in [4.69, 9.17) is 4.74 Å². The lowest BCUT2D eigenvalue weighted by atomic mass is 10.00. The molecule has 1 aromatic carbocycles. The van der Waals surface area contributed by atoms with Crippen LogP contribution in [0.15, 0.2) is 24.3 Å². The normalized spacial score (nSPS) is 24.6. The molecule has 130 valence electrons. The molecule has 0 aromatic heterocycles. The first-order chi connectivity index (χ1) is 11.5. The maximum atomic E-state index is 12.3. The van der Waals surface area contributed by atoms with Crippen molar-refractivity contribution in [3.63, 3.8) is 0 Å². The second kappa shape index (κ2) is 7.09. The third-order valence-electron chi connectivity index (χ3n) is 4.60. The second-order valence-electron chi connectivity index (χ2n) is 6.42. The highest BCUT2D eigenvalue weighted by Crippen LogP contribution is 2.23. The van der Waals surface area contributed by atoms with Gasteiger partial charge < -0.3 is 10.1 Å². The van der Waals surface area contributed by atoms with Gasteiger partial charge in [0.25, 0.3) is 0 Å². The molecular formula is C17H24N4O3. The van der Waals surface area contributed by atoms with Gasteiger partial charge in [0, 0.05) is 23.5 Å². The number of ether oxygens (including phenoxy) is 1. The lowest BCUT2D eigenvalue weighted by Crippen LogP contribution is -2.55. The minimum absolute atomic E-state index is 0.267. The molecule has 24 heavy (non-hydrogen) atoms. The number of carbonyl (C=O) groups is 2. The molecule has 7 heteroatoms. The summed E-state index contributed by atoms with van der Waals surface area (Å²) in [6, 6.07) is 7.59. The van der Waals surface area contributed by atoms with Crippen molar-refractivity contribution in [1.29, 1.82) is 0 Å². The van der Waals surface area contributed by atoms with Crippen LogP contribution >= 0.6 is 0 Å². The fraction of sp³-hybridized carbons (Fsp3) is 0.529. The standard InChI is InChI=1S/C17H24N4O3/c1-12-5-3-6-13(2)21(12)19-16(22)18-14-7-4-8-15(11-14)20-9-10-24-17(20)23/h4,7-8,11-13H,3,5-6,9-10H2,1-2H3,(H2,18,19,22)/t12-,13-/m1/s1. The average Bonchev–Trinajstić information content (AvgIpc) is 2.97. The van der Waals surface area contributed by atoms with Crippen LogP contribution < -0.4 is 15.6 Å². The fourth-order valence-electron chi connectivity index (χ4n) is 3.30. The Labute approximate surface area is 141 Å². The lowest BCUT2D eigenvalue weighted by molar-refractivity contribution is 0.0625. The molecule has 3 amide bonds. The minimum Gasteiger partial charge on any atom is -0.447 e. The number of rotatable bonds is 3. The predicted octanol–water partition coefficient (Wildman–Crippen LogP) is 2.94. The summed E-state index contributed by atoms with van der Waals surface area (Å²) in [6.45, 7) is 5.16. The number of benzene rings is 1. The Kier molecular flexibility index (Phi) is 4.89. The number of anilines is 2. The number of nitrogens with one attached hydrogen (secondary N) is 2. The van der Waals surface area contributed by atoms with E-state index in [9.17, 15) is 9.59 Å². The summed E-state index contributed by atoms with van der Waals surface area (Å²) in [5, 5.41) is 4.85. The van der Waals surface area contributed by atoms with Gasteiger partial charge in [-0.15, -0.1) is 0 Å². The van der Waals surface area contributed by atoms with Gasteiger partial charge >= 0.3 is 12.1 Å². The van der Waals surface area contributed by atoms with Crippen molar-refractivity contribution in [2.24, 2.45) is 0 Å². The highest BCUT2D eigenvalue weighted by molar-refractivity contribution is 5.92. The molecule has 2 saturated heterocycles. The van der Waals surface area contributed by atoms with Crippen molar-refractivity contribution in [2.45, 2.75) is 45.2 Å². The van der Waals surface area contributed by atoms with Gasteiger partial charge in [-0.2, -0.15) is 0 Å². The van der Waals surface area contributed by atoms with E-state index in [1.54, 1.807) is 17.0 Å². The van der Waals surface area contributed by atoms with E-state index < -0.39 is 0 Å². The monoisotopic (exact) mass is 332 g/mol. The van der Waals surface area contributed by atoms with Crippen molar-refractivity contribution < 1.29 is 14.3 Å². The minimum atomic E-state index is -0.354. The van der Waals surface area contributed by atoms with Crippen LogP contribution in [0.25, 0.3) is 0 Å². The van der Waals surface area contributed by atoms with Gasteiger partial charge in [0.05, 0.1) is 6.54 Å². The third kappa shape index (κ3) is 3.62. The van der Waals surface area contributed by atoms with Crippen molar-refractivity contribution in [1.82, 2.24) is 10.4 Å². The summed E-state index contributed by atoms with van der Waals surface area (Å²) in [5.41, 5.74) is 4.30. The quantitative estimate of drug-likeness (QED) is 0.892. The van der Waals surface area contributed by atoms with Crippen LogP contribution in [0, 0.1) is 0 Å². The maximum absolute atomic E-state index is 12.3. The molecular weight excluding hydrogens is 308 g/mol. The molecule has 0 unspecified atom stereocenters. The topological polar surface area (TPSA) is 73.9 Å². The molecule has 2 atom stereocenters. The Morgan fingerprint density at radius 2 is 2.00 bits per heavy atom. The van der Waals surface area contributed by atoms with Crippen LogP contribution in [0.4, 0.5) is 21.0 Å². The van der Waals surface area contributed by atoms with Crippen LogP contribution in [-0.2, 0) is 4.74 Å². The summed E-state index contributed by atoms with van der Waals surface area (Å²) in [5.74, 6) is 0. The van der Waals surface area contributed by atoms with Gasteiger partial charge in [-0.3, -0.25) is 10.3 Å². The Hall–Kier alpha value is -2.28. The molecule has 0 spiro atoms. The van der Waals surface area contributed by atoms with Crippen molar-refractivity contribution in [2.75, 3.05) is 23.4 Å². The van der Waals surface area contributed by atoms with Crippen molar-refractivity contribution >= 4 is 23.5 Å². The van der Waals surface area contributed by atoms with E-state index >= 15 is 0 Å². The summed E-state index contributed by atoms with van der Waals surface area (Å²) in [6.07, 6.45) is 3.00. The highest BCUT2D eigenvalue weighted by atomic mass is 16.6. The number of cyclic esters (lactones) is 1. The van der Waals surface area contributed by atoms with Crippen molar-refractivity contribution in [3.8, 4) is 0 Å². The van der Waals surface area contributed by atoms with Crippen LogP contribution in [0.5, 0.6) is 0 Å². The van der Waals surface area contributed by atoms with E-state index in [1.807, 2.05) is 17.1 Å². The SMILES string of the molecule is C[C@@H]1CCC[C@@H](C)N1NC(=O)Nc1cccc(N2CCOC2=O)c1. The molecule has 2 aliphatic rings. The molecule has 3 rings (SSSR count). The van der Waals surface area contributed by atoms with E-state index in [2.05, 4.69) is 24.6 Å². The van der Waals surface area contributed by atoms with Gasteiger partial charge in [0.2, 0.25) is 0 Å². The van der Waals surface area contributed by atoms with Gasteiger partial charge in [-0.1, -0.05) is 12.5 Å². The van der Waals surface area contributed by atoms with E-state index in [-0.39, 0.29) is 12.1 Å². The first-order valence-corrected chi connectivity index (χ1v) is 8.45. The Morgan fingerprint density at radius 3 is 2.67 bits per heavy atom. The summed E-state index contributed by atoms with van der Waals surface area (Å²) < 4.78 is 4.95. The summed E-state index contributed by atoms with van der Waals surface area (Å²) >= 11 is 0. The summed E-state index contributed by atoms with van der Waals surface area (Å²) in [7, 11) is 0. The maximum Gasteiger partial charge on any atom is 0.414 e. The predicted molar refractivity (Wildman–Crippen MR) is 91.9 cm³/mol. The van der Waals surface area contributed by atoms with E-state index in [0.717, 1.165) is 18.5 Å². The average molecular weight is 332 g/mol. The van der Waals surface area contributed by atoms with Crippen LogP contribution in [0.3, 0.4) is 0 Å². The molecule has 0 radical (unpaired) electrons. The largest absolute Gasteiger partial charge is 0.447 e. The number of nitrogens with zero attached hydrogens (tertiary/aromatic N) is 2. The fourth-order valence-corrected chi connectivity index (χ4v) is 3.30. The second-order valence-corrected chi connectivity index (χ2v) is 6.42. The number of carbonyl (C=O) groups excluding carboxylic acids is 2. The first kappa shape index (κ1) is 16.6. The number of piperidine rings is 1. The molecule has 1 aromatic rings. The Balaban J connectivity index is 1.63. The molecule has 2 heterocycles. The van der Waals surface area contributed by atoms with Crippen LogP contribution in [-0.4, -0.2) is 42.4 Å². The lowest BCUT2D eigenvalue weighted by Gasteiger charge is -2.38. The van der Waals surface area contributed by atoms with E-state index in [1.165, 1.54) is 6.42 Å². The number of hydrogen-bond acceptors (Lipinski definition) is 4. The molecule has 2 aliphatic heterocycles. The molecule has 0 aliphatic carbocycles. The molecule has 0 saturated carbocycles. The van der Waals surface area contributed by atoms with Crippen LogP contribution in [0.1, 0.15) is 33.1 Å². The van der Waals surface area contributed by atoms with E-state index in [0.29, 0.717) is 30.9 Å². The molecule has 2 fully saturated rings. The smallest absolute Gasteiger partial charge is 0.414 e. The van der Waals surface area contributed by atoms with Crippen molar-refractivity contribution in [3.05, 3.63) is 24.3 Å². The van der Waals surface area contributed by atoms with Gasteiger partial charge in [-0.05, 0) is 44.9 Å². The van der Waals surface area contributed by atoms with Crippen LogP contribution in [0.2, 0.25) is 0 Å². The zero-order valence-electron chi connectivity index (χ0n) is 14.1. The number of hydrazine groups is 1. The number of urea groups is 1. The van der Waals surface area contributed by atoms with Gasteiger partial charge in [0.1, 0.15) is 6.61 Å². The number of hydrogen-bond donors (Lipinski definition) is 2. The highest BCUT2D eigenvalue weighted by Gasteiger charge is 2.26. The molecule has 2 N–H and O–H groups in total. The van der Waals surface area contributed by atoms with Gasteiger partial charge in [-0.25, -0.2) is 14.6 Å². The Bertz CT molecular complexity index is 612. The third-order valence-corrected chi connectivity index (χ3v) is 4.60.